The monoisotopic (exact) mass is 378 g/mol. The summed E-state index contributed by atoms with van der Waals surface area (Å²) in [5.74, 6) is -0.758. The Hall–Kier alpha value is -3.11. The molecule has 0 fully saturated rings. The summed E-state index contributed by atoms with van der Waals surface area (Å²) in [7, 11) is 0. The average Bonchev–Trinajstić information content (AvgIpc) is 2.72. The number of rotatable bonds is 5. The molecule has 0 aromatic heterocycles. The molecule has 5 heteroatoms. The number of hydrazine groups is 1. The first-order valence-corrected chi connectivity index (χ1v) is 8.96. The first-order chi connectivity index (χ1) is 13.1. The molecular weight excluding hydrogens is 360 g/mol. The van der Waals surface area contributed by atoms with Gasteiger partial charge in [0.1, 0.15) is 0 Å². The molecule has 3 aromatic carbocycles. The summed E-state index contributed by atoms with van der Waals surface area (Å²) in [4.78, 5) is 24.6. The van der Waals surface area contributed by atoms with Crippen molar-refractivity contribution in [2.24, 2.45) is 0 Å². The molecule has 0 spiro atoms. The minimum atomic E-state index is -0.393. The zero-order valence-electron chi connectivity index (χ0n) is 14.6. The van der Waals surface area contributed by atoms with E-state index >= 15 is 0 Å². The number of carbonyl (C=O) groups excluding carboxylic acids is 2. The molecule has 0 unspecified atom stereocenters. The fraction of sp³-hybridized carbons (Fsp3) is 0.0909. The van der Waals surface area contributed by atoms with Crippen molar-refractivity contribution in [3.63, 3.8) is 0 Å². The highest BCUT2D eigenvalue weighted by molar-refractivity contribution is 6.30. The van der Waals surface area contributed by atoms with Crippen LogP contribution in [0.3, 0.4) is 0 Å². The van der Waals surface area contributed by atoms with Gasteiger partial charge in [-0.05, 0) is 35.4 Å². The molecule has 0 heterocycles. The van der Waals surface area contributed by atoms with Gasteiger partial charge in [0.2, 0.25) is 5.91 Å². The molecule has 0 saturated carbocycles. The topological polar surface area (TPSA) is 58.2 Å². The van der Waals surface area contributed by atoms with Crippen LogP contribution in [0.4, 0.5) is 0 Å². The van der Waals surface area contributed by atoms with Crippen LogP contribution in [0, 0.1) is 0 Å². The predicted molar refractivity (Wildman–Crippen MR) is 106 cm³/mol. The summed E-state index contributed by atoms with van der Waals surface area (Å²) in [6.07, 6.45) is 0.217. The highest BCUT2D eigenvalue weighted by Gasteiger charge is 2.18. The van der Waals surface area contributed by atoms with Crippen LogP contribution in [0.2, 0.25) is 5.02 Å². The summed E-state index contributed by atoms with van der Waals surface area (Å²) in [6.45, 7) is 0. The zero-order chi connectivity index (χ0) is 19.1. The van der Waals surface area contributed by atoms with Crippen LogP contribution in [0.15, 0.2) is 84.9 Å². The van der Waals surface area contributed by atoms with Crippen LogP contribution in [0.25, 0.3) is 0 Å². The third kappa shape index (κ3) is 5.19. The third-order valence-electron chi connectivity index (χ3n) is 4.22. The normalized spacial score (nSPS) is 10.4. The van der Waals surface area contributed by atoms with Gasteiger partial charge in [0.05, 0.1) is 0 Å². The van der Waals surface area contributed by atoms with Crippen molar-refractivity contribution < 1.29 is 9.59 Å². The standard InChI is InChI=1S/C22H19ClN2O2/c23-19-13-11-18(12-14-19)22(27)25-24-21(26)15-20(16-7-3-1-4-8-16)17-9-5-2-6-10-17/h1-14,20H,15H2,(H,24,26)(H,25,27). The molecule has 4 nitrogen and oxygen atoms in total. The van der Waals surface area contributed by atoms with E-state index in [0.717, 1.165) is 11.1 Å². The summed E-state index contributed by atoms with van der Waals surface area (Å²) in [5, 5.41) is 0.546. The fourth-order valence-corrected chi connectivity index (χ4v) is 2.96. The molecule has 0 aliphatic carbocycles. The first kappa shape index (κ1) is 18.7. The van der Waals surface area contributed by atoms with Gasteiger partial charge in [0, 0.05) is 22.9 Å². The summed E-state index contributed by atoms with van der Waals surface area (Å²) < 4.78 is 0. The highest BCUT2D eigenvalue weighted by atomic mass is 35.5. The largest absolute Gasteiger partial charge is 0.273 e. The number of nitrogens with one attached hydrogen (secondary N) is 2. The average molecular weight is 379 g/mol. The van der Waals surface area contributed by atoms with Crippen molar-refractivity contribution in [2.75, 3.05) is 0 Å². The quantitative estimate of drug-likeness (QED) is 0.649. The maximum Gasteiger partial charge on any atom is 0.269 e. The van der Waals surface area contributed by atoms with Gasteiger partial charge < -0.3 is 0 Å². The SMILES string of the molecule is O=C(CC(c1ccccc1)c1ccccc1)NNC(=O)c1ccc(Cl)cc1. The minimum Gasteiger partial charge on any atom is -0.273 e. The lowest BCUT2D eigenvalue weighted by Crippen LogP contribution is -2.42. The Kier molecular flexibility index (Phi) is 6.23. The number of carbonyl (C=O) groups is 2. The van der Waals surface area contributed by atoms with Crippen LogP contribution < -0.4 is 10.9 Å². The van der Waals surface area contributed by atoms with Crippen LogP contribution in [-0.2, 0) is 4.79 Å². The van der Waals surface area contributed by atoms with E-state index in [2.05, 4.69) is 10.9 Å². The second-order valence-electron chi connectivity index (χ2n) is 6.09. The highest BCUT2D eigenvalue weighted by Crippen LogP contribution is 2.27. The van der Waals surface area contributed by atoms with Crippen molar-refractivity contribution in [3.8, 4) is 0 Å². The number of hydrogen-bond acceptors (Lipinski definition) is 2. The molecule has 0 saturated heterocycles. The summed E-state index contributed by atoms with van der Waals surface area (Å²) >= 11 is 5.82. The molecule has 0 aliphatic rings. The van der Waals surface area contributed by atoms with E-state index in [-0.39, 0.29) is 18.2 Å². The minimum absolute atomic E-state index is 0.0974. The number of amides is 2. The van der Waals surface area contributed by atoms with Crippen LogP contribution in [0.1, 0.15) is 33.8 Å². The van der Waals surface area contributed by atoms with E-state index in [1.807, 2.05) is 60.7 Å². The Morgan fingerprint density at radius 3 is 1.78 bits per heavy atom. The first-order valence-electron chi connectivity index (χ1n) is 8.58. The third-order valence-corrected chi connectivity index (χ3v) is 4.47. The second-order valence-corrected chi connectivity index (χ2v) is 6.52. The lowest BCUT2D eigenvalue weighted by Gasteiger charge is -2.18. The Morgan fingerprint density at radius 2 is 1.26 bits per heavy atom. The number of halogens is 1. The molecule has 2 amide bonds. The molecule has 0 aliphatic heterocycles. The van der Waals surface area contributed by atoms with Crippen molar-refractivity contribution in [1.29, 1.82) is 0 Å². The van der Waals surface area contributed by atoms with Gasteiger partial charge in [-0.15, -0.1) is 0 Å². The molecule has 0 radical (unpaired) electrons. The lowest BCUT2D eigenvalue weighted by molar-refractivity contribution is -0.122. The van der Waals surface area contributed by atoms with Gasteiger partial charge in [0.15, 0.2) is 0 Å². The maximum atomic E-state index is 12.4. The van der Waals surface area contributed by atoms with Gasteiger partial charge in [-0.1, -0.05) is 72.3 Å². The smallest absolute Gasteiger partial charge is 0.269 e. The Balaban J connectivity index is 1.66. The molecule has 3 rings (SSSR count). The van der Waals surface area contributed by atoms with Crippen molar-refractivity contribution in [3.05, 3.63) is 107 Å². The molecular formula is C22H19ClN2O2. The van der Waals surface area contributed by atoms with Gasteiger partial charge in [0.25, 0.3) is 5.91 Å². The van der Waals surface area contributed by atoms with Crippen molar-refractivity contribution in [1.82, 2.24) is 10.9 Å². The number of hydrogen-bond donors (Lipinski definition) is 2. The van der Waals surface area contributed by atoms with Crippen LogP contribution in [-0.4, -0.2) is 11.8 Å². The lowest BCUT2D eigenvalue weighted by atomic mass is 9.88. The van der Waals surface area contributed by atoms with E-state index in [4.69, 9.17) is 11.6 Å². The van der Waals surface area contributed by atoms with E-state index in [1.165, 1.54) is 0 Å². The molecule has 0 atom stereocenters. The fourth-order valence-electron chi connectivity index (χ4n) is 2.84. The van der Waals surface area contributed by atoms with Crippen LogP contribution >= 0.6 is 11.6 Å². The van der Waals surface area contributed by atoms with Gasteiger partial charge in [-0.3, -0.25) is 20.4 Å². The van der Waals surface area contributed by atoms with Crippen molar-refractivity contribution >= 4 is 23.4 Å². The molecule has 27 heavy (non-hydrogen) atoms. The van der Waals surface area contributed by atoms with E-state index in [1.54, 1.807) is 24.3 Å². The Morgan fingerprint density at radius 1 is 0.741 bits per heavy atom. The summed E-state index contributed by atoms with van der Waals surface area (Å²) in [6, 6.07) is 26.1. The van der Waals surface area contributed by atoms with Gasteiger partial charge in [-0.2, -0.15) is 0 Å². The second kappa shape index (κ2) is 9.01. The Bertz CT molecular complexity index is 857. The van der Waals surface area contributed by atoms with Gasteiger partial charge >= 0.3 is 0 Å². The molecule has 0 bridgehead atoms. The number of benzene rings is 3. The summed E-state index contributed by atoms with van der Waals surface area (Å²) in [5.41, 5.74) is 7.45. The molecule has 2 N–H and O–H groups in total. The van der Waals surface area contributed by atoms with E-state index < -0.39 is 5.91 Å². The molecule has 136 valence electrons. The van der Waals surface area contributed by atoms with Crippen molar-refractivity contribution in [2.45, 2.75) is 12.3 Å². The van der Waals surface area contributed by atoms with E-state index in [0.29, 0.717) is 10.6 Å². The van der Waals surface area contributed by atoms with Crippen LogP contribution in [0.5, 0.6) is 0 Å². The zero-order valence-corrected chi connectivity index (χ0v) is 15.3. The molecule has 3 aromatic rings. The Labute approximate surface area is 163 Å². The van der Waals surface area contributed by atoms with E-state index in [9.17, 15) is 9.59 Å². The van der Waals surface area contributed by atoms with Gasteiger partial charge in [-0.25, -0.2) is 0 Å². The maximum absolute atomic E-state index is 12.4. The predicted octanol–water partition coefficient (Wildman–Crippen LogP) is 4.32.